The summed E-state index contributed by atoms with van der Waals surface area (Å²) in [5.41, 5.74) is 2.02. The number of hydrogen-bond donors (Lipinski definition) is 2. The van der Waals surface area contributed by atoms with Gasteiger partial charge in [0.05, 0.1) is 17.3 Å². The minimum absolute atomic E-state index is 0.0501. The van der Waals surface area contributed by atoms with Gasteiger partial charge in [-0.3, -0.25) is 0 Å². The third-order valence-electron chi connectivity index (χ3n) is 2.64. The largest absolute Gasteiger partial charge is 0.392 e. The van der Waals surface area contributed by atoms with E-state index < -0.39 is 0 Å². The summed E-state index contributed by atoms with van der Waals surface area (Å²) in [6.45, 7) is 0.298. The lowest BCUT2D eigenvalue weighted by molar-refractivity contribution is 0.282. The van der Waals surface area contributed by atoms with Gasteiger partial charge in [0.15, 0.2) is 0 Å². The van der Waals surface area contributed by atoms with Gasteiger partial charge in [0.25, 0.3) is 0 Å². The Hall–Kier alpha value is -1.58. The third-order valence-corrected chi connectivity index (χ3v) is 2.97. The molecule has 2 aromatic rings. The van der Waals surface area contributed by atoms with E-state index in [0.717, 1.165) is 5.56 Å². The van der Waals surface area contributed by atoms with Crippen LogP contribution in [0.4, 0.5) is 10.1 Å². The lowest BCUT2D eigenvalue weighted by Gasteiger charge is -2.10. The van der Waals surface area contributed by atoms with Crippen LogP contribution >= 0.6 is 11.6 Å². The first kappa shape index (κ1) is 12.9. The Bertz CT molecular complexity index is 545. The Morgan fingerprint density at radius 1 is 1.17 bits per heavy atom. The van der Waals surface area contributed by atoms with E-state index in [1.807, 2.05) is 0 Å². The van der Waals surface area contributed by atoms with Crippen LogP contribution in [0.25, 0.3) is 0 Å². The highest BCUT2D eigenvalue weighted by Gasteiger charge is 2.04. The molecule has 0 aliphatic carbocycles. The molecule has 0 fully saturated rings. The lowest BCUT2D eigenvalue weighted by atomic mass is 10.2. The molecule has 2 N–H and O–H groups in total. The summed E-state index contributed by atoms with van der Waals surface area (Å²) in [7, 11) is 0. The van der Waals surface area contributed by atoms with Crippen molar-refractivity contribution in [1.29, 1.82) is 0 Å². The summed E-state index contributed by atoms with van der Waals surface area (Å²) in [5, 5.41) is 12.7. The van der Waals surface area contributed by atoms with E-state index in [9.17, 15) is 4.39 Å². The van der Waals surface area contributed by atoms with Gasteiger partial charge in [-0.25, -0.2) is 4.39 Å². The van der Waals surface area contributed by atoms with Crippen molar-refractivity contribution in [2.24, 2.45) is 0 Å². The van der Waals surface area contributed by atoms with Gasteiger partial charge in [-0.05, 0) is 23.8 Å². The zero-order valence-corrected chi connectivity index (χ0v) is 10.4. The molecule has 0 unspecified atom stereocenters. The summed E-state index contributed by atoms with van der Waals surface area (Å²) < 4.78 is 13.4. The summed E-state index contributed by atoms with van der Waals surface area (Å²) in [4.78, 5) is 0. The first-order valence-electron chi connectivity index (χ1n) is 5.57. The number of nitrogens with one attached hydrogen (secondary N) is 1. The fourth-order valence-corrected chi connectivity index (χ4v) is 1.82. The van der Waals surface area contributed by atoms with Gasteiger partial charge >= 0.3 is 0 Å². The standard InChI is InChI=1S/C14H13ClFNO/c15-12-6-5-10(9-18)7-14(12)17-8-11-3-1-2-4-13(11)16/h1-7,17-18H,8-9H2. The van der Waals surface area contributed by atoms with Crippen LogP contribution in [0.5, 0.6) is 0 Å². The zero-order chi connectivity index (χ0) is 13.0. The molecule has 18 heavy (non-hydrogen) atoms. The molecule has 2 aromatic carbocycles. The molecule has 0 bridgehead atoms. The maximum Gasteiger partial charge on any atom is 0.128 e. The van der Waals surface area contributed by atoms with Gasteiger partial charge in [-0.2, -0.15) is 0 Å². The van der Waals surface area contributed by atoms with Crippen LogP contribution in [-0.2, 0) is 13.2 Å². The maximum atomic E-state index is 13.4. The average molecular weight is 266 g/mol. The van der Waals surface area contributed by atoms with Crippen molar-refractivity contribution in [1.82, 2.24) is 0 Å². The van der Waals surface area contributed by atoms with Gasteiger partial charge in [0.1, 0.15) is 5.82 Å². The van der Waals surface area contributed by atoms with Crippen LogP contribution in [0.15, 0.2) is 42.5 Å². The van der Waals surface area contributed by atoms with Gasteiger partial charge in [-0.15, -0.1) is 0 Å². The van der Waals surface area contributed by atoms with Gasteiger partial charge in [0, 0.05) is 12.1 Å². The zero-order valence-electron chi connectivity index (χ0n) is 9.66. The summed E-state index contributed by atoms with van der Waals surface area (Å²) >= 11 is 6.02. The van der Waals surface area contributed by atoms with Crippen LogP contribution in [0.2, 0.25) is 5.02 Å². The van der Waals surface area contributed by atoms with Gasteiger partial charge in [-0.1, -0.05) is 35.9 Å². The molecule has 0 spiro atoms. The quantitative estimate of drug-likeness (QED) is 0.886. The minimum Gasteiger partial charge on any atom is -0.392 e. The summed E-state index contributed by atoms with van der Waals surface area (Å²) in [6, 6.07) is 11.8. The highest BCUT2D eigenvalue weighted by Crippen LogP contribution is 2.24. The normalized spacial score (nSPS) is 10.4. The number of halogens is 2. The summed E-state index contributed by atoms with van der Waals surface area (Å²) in [5.74, 6) is -0.251. The second kappa shape index (κ2) is 5.85. The third kappa shape index (κ3) is 3.00. The van der Waals surface area contributed by atoms with Crippen molar-refractivity contribution >= 4 is 17.3 Å². The molecule has 0 aliphatic heterocycles. The number of benzene rings is 2. The highest BCUT2D eigenvalue weighted by molar-refractivity contribution is 6.33. The van der Waals surface area contributed by atoms with Crippen molar-refractivity contribution < 1.29 is 9.50 Å². The van der Waals surface area contributed by atoms with E-state index in [4.69, 9.17) is 16.7 Å². The molecule has 0 amide bonds. The number of rotatable bonds is 4. The van der Waals surface area contributed by atoms with Gasteiger partial charge in [0.2, 0.25) is 0 Å². The first-order chi connectivity index (χ1) is 8.70. The number of aliphatic hydroxyl groups excluding tert-OH is 1. The van der Waals surface area contributed by atoms with Crippen LogP contribution in [0.1, 0.15) is 11.1 Å². The van der Waals surface area contributed by atoms with Crippen molar-refractivity contribution in [3.05, 3.63) is 64.4 Å². The smallest absolute Gasteiger partial charge is 0.128 e. The molecule has 2 rings (SSSR count). The topological polar surface area (TPSA) is 32.3 Å². The van der Waals surface area contributed by atoms with E-state index in [1.165, 1.54) is 6.07 Å². The second-order valence-corrected chi connectivity index (χ2v) is 4.32. The molecule has 0 aliphatic rings. The van der Waals surface area contributed by atoms with Crippen LogP contribution < -0.4 is 5.32 Å². The Morgan fingerprint density at radius 3 is 2.67 bits per heavy atom. The Kier molecular flexibility index (Phi) is 4.18. The van der Waals surface area contributed by atoms with Crippen LogP contribution in [0, 0.1) is 5.82 Å². The average Bonchev–Trinajstić information content (AvgIpc) is 2.39. The van der Waals surface area contributed by atoms with E-state index >= 15 is 0 Å². The molecule has 4 heteroatoms. The molecule has 2 nitrogen and oxygen atoms in total. The molecule has 94 valence electrons. The number of anilines is 1. The molecule has 0 radical (unpaired) electrons. The molecular formula is C14H13ClFNO. The fraction of sp³-hybridized carbons (Fsp3) is 0.143. The van der Waals surface area contributed by atoms with E-state index in [0.29, 0.717) is 22.8 Å². The van der Waals surface area contributed by atoms with Crippen molar-refractivity contribution in [2.75, 3.05) is 5.32 Å². The molecule has 0 saturated carbocycles. The molecule has 0 aromatic heterocycles. The first-order valence-corrected chi connectivity index (χ1v) is 5.95. The maximum absolute atomic E-state index is 13.4. The van der Waals surface area contributed by atoms with Gasteiger partial charge < -0.3 is 10.4 Å². The Morgan fingerprint density at radius 2 is 1.94 bits per heavy atom. The van der Waals surface area contributed by atoms with Crippen LogP contribution in [-0.4, -0.2) is 5.11 Å². The van der Waals surface area contributed by atoms with E-state index in [1.54, 1.807) is 36.4 Å². The Labute approximate surface area is 110 Å². The highest BCUT2D eigenvalue weighted by atomic mass is 35.5. The van der Waals surface area contributed by atoms with Crippen molar-refractivity contribution in [3.63, 3.8) is 0 Å². The van der Waals surface area contributed by atoms with E-state index in [2.05, 4.69) is 5.32 Å². The fourth-order valence-electron chi connectivity index (χ4n) is 1.64. The minimum atomic E-state index is -0.251. The molecule has 0 heterocycles. The molecule has 0 atom stereocenters. The number of hydrogen-bond acceptors (Lipinski definition) is 2. The monoisotopic (exact) mass is 265 g/mol. The lowest BCUT2D eigenvalue weighted by Crippen LogP contribution is -2.02. The SMILES string of the molecule is OCc1ccc(Cl)c(NCc2ccccc2F)c1. The van der Waals surface area contributed by atoms with Crippen LogP contribution in [0.3, 0.4) is 0 Å². The predicted octanol–water partition coefficient (Wildman–Crippen LogP) is 3.58. The summed E-state index contributed by atoms with van der Waals surface area (Å²) in [6.07, 6.45) is 0. The van der Waals surface area contributed by atoms with E-state index in [-0.39, 0.29) is 12.4 Å². The number of aliphatic hydroxyl groups is 1. The molecular weight excluding hydrogens is 253 g/mol. The molecule has 0 saturated heterocycles. The second-order valence-electron chi connectivity index (χ2n) is 3.92. The Balaban J connectivity index is 2.13. The van der Waals surface area contributed by atoms with Crippen molar-refractivity contribution in [2.45, 2.75) is 13.2 Å². The van der Waals surface area contributed by atoms with Crippen molar-refractivity contribution in [3.8, 4) is 0 Å². The predicted molar refractivity (Wildman–Crippen MR) is 71.1 cm³/mol.